The number of anilines is 1. The summed E-state index contributed by atoms with van der Waals surface area (Å²) in [6.07, 6.45) is -1.09. The number of aliphatic hydroxyl groups is 1. The van der Waals surface area contributed by atoms with Gasteiger partial charge in [0.05, 0.1) is 29.5 Å². The molecule has 4 aromatic rings. The van der Waals surface area contributed by atoms with Crippen LogP contribution in [0.15, 0.2) is 72.8 Å². The number of amides is 1. The monoisotopic (exact) mass is 471 g/mol. The lowest BCUT2D eigenvalue weighted by atomic mass is 9.95. The highest BCUT2D eigenvalue weighted by Gasteiger charge is 2.40. The van der Waals surface area contributed by atoms with Crippen LogP contribution in [0.1, 0.15) is 40.8 Å². The number of methoxy groups -OCH3 is 1. The third-order valence-electron chi connectivity index (χ3n) is 6.43. The molecule has 0 radical (unpaired) electrons. The van der Waals surface area contributed by atoms with Gasteiger partial charge in [-0.15, -0.1) is 0 Å². The average molecular weight is 472 g/mol. The first-order valence-corrected chi connectivity index (χ1v) is 11.5. The molecule has 6 nitrogen and oxygen atoms in total. The van der Waals surface area contributed by atoms with E-state index in [0.717, 1.165) is 11.1 Å². The molecule has 0 saturated carbocycles. The van der Waals surface area contributed by atoms with Crippen molar-refractivity contribution in [2.75, 3.05) is 25.6 Å². The van der Waals surface area contributed by atoms with E-state index in [1.165, 1.54) is 17.0 Å². The molecule has 5 rings (SSSR count). The van der Waals surface area contributed by atoms with Crippen LogP contribution in [0.25, 0.3) is 22.0 Å². The van der Waals surface area contributed by atoms with Crippen molar-refractivity contribution in [2.24, 2.45) is 0 Å². The molecule has 0 aliphatic carbocycles. The second kappa shape index (κ2) is 9.44. The predicted molar refractivity (Wildman–Crippen MR) is 133 cm³/mol. The third-order valence-corrected chi connectivity index (χ3v) is 6.43. The smallest absolute Gasteiger partial charge is 0.257 e. The third kappa shape index (κ3) is 4.03. The Hall–Kier alpha value is -3.81. The number of aromatic nitrogens is 1. The van der Waals surface area contributed by atoms with Gasteiger partial charge in [-0.3, -0.25) is 4.79 Å². The fourth-order valence-electron chi connectivity index (χ4n) is 4.75. The van der Waals surface area contributed by atoms with Crippen LogP contribution in [0.4, 0.5) is 10.1 Å². The summed E-state index contributed by atoms with van der Waals surface area (Å²) < 4.78 is 19.6. The number of carbonyl (C=O) groups is 1. The van der Waals surface area contributed by atoms with E-state index in [2.05, 4.69) is 5.32 Å². The molecule has 2 atom stereocenters. The number of pyridine rings is 1. The summed E-state index contributed by atoms with van der Waals surface area (Å²) in [5, 5.41) is 15.1. The van der Waals surface area contributed by atoms with Gasteiger partial charge in [0.1, 0.15) is 5.82 Å². The topological polar surface area (TPSA) is 74.7 Å². The molecule has 0 saturated heterocycles. The quantitative estimate of drug-likeness (QED) is 0.358. The highest BCUT2D eigenvalue weighted by molar-refractivity contribution is 6.02. The van der Waals surface area contributed by atoms with Crippen molar-refractivity contribution >= 4 is 22.5 Å². The number of halogens is 1. The molecule has 0 fully saturated rings. The molecule has 35 heavy (non-hydrogen) atoms. The van der Waals surface area contributed by atoms with Crippen molar-refractivity contribution in [3.63, 3.8) is 0 Å². The number of rotatable bonds is 7. The molecule has 2 heterocycles. The summed E-state index contributed by atoms with van der Waals surface area (Å²) in [7, 11) is 1.62. The predicted octanol–water partition coefficient (Wildman–Crippen LogP) is 5.31. The fourth-order valence-corrected chi connectivity index (χ4v) is 4.75. The standard InChI is InChI=1S/C28H26FN3O3/c1-17(32-27(33)20-10-6-7-11-21(20)28(32)34)25-24(18-8-4-3-5-9-18)26(30-14-15-35-2)22-16-19(29)12-13-23(22)31-25/h3-13,16-17,27,33H,14-15H2,1-2H3,(H,30,31). The molecule has 2 unspecified atom stereocenters. The van der Waals surface area contributed by atoms with Gasteiger partial charge in [-0.25, -0.2) is 9.37 Å². The van der Waals surface area contributed by atoms with Crippen LogP contribution in [0.2, 0.25) is 0 Å². The summed E-state index contributed by atoms with van der Waals surface area (Å²) in [5.41, 5.74) is 4.58. The number of carbonyl (C=O) groups excluding carboxylic acids is 1. The number of nitrogens with one attached hydrogen (secondary N) is 1. The maximum Gasteiger partial charge on any atom is 0.257 e. The molecule has 1 aliphatic rings. The Kier molecular flexibility index (Phi) is 6.19. The van der Waals surface area contributed by atoms with Gasteiger partial charge in [0.15, 0.2) is 6.23 Å². The van der Waals surface area contributed by atoms with Gasteiger partial charge in [0.25, 0.3) is 5.91 Å². The molecule has 7 heteroatoms. The van der Waals surface area contributed by atoms with E-state index in [0.29, 0.717) is 46.6 Å². The van der Waals surface area contributed by atoms with E-state index in [9.17, 15) is 14.3 Å². The SMILES string of the molecule is COCCNc1c(-c2ccccc2)c(C(C)N2C(=O)c3ccccc3C2O)nc2ccc(F)cc12. The van der Waals surface area contributed by atoms with Crippen molar-refractivity contribution in [2.45, 2.75) is 19.2 Å². The normalized spacial score (nSPS) is 15.9. The zero-order valence-electron chi connectivity index (χ0n) is 19.5. The summed E-state index contributed by atoms with van der Waals surface area (Å²) >= 11 is 0. The van der Waals surface area contributed by atoms with Crippen LogP contribution in [0.5, 0.6) is 0 Å². The van der Waals surface area contributed by atoms with Crippen LogP contribution in [-0.4, -0.2) is 41.2 Å². The van der Waals surface area contributed by atoms with Crippen LogP contribution < -0.4 is 5.32 Å². The van der Waals surface area contributed by atoms with Gasteiger partial charge in [-0.05, 0) is 36.8 Å². The van der Waals surface area contributed by atoms with Crippen molar-refractivity contribution in [3.8, 4) is 11.1 Å². The van der Waals surface area contributed by atoms with E-state index in [-0.39, 0.29) is 11.7 Å². The lowest BCUT2D eigenvalue weighted by Gasteiger charge is -2.30. The molecule has 1 aliphatic heterocycles. The molecule has 3 aromatic carbocycles. The second-order valence-electron chi connectivity index (χ2n) is 8.54. The maximum atomic E-state index is 14.3. The largest absolute Gasteiger partial charge is 0.383 e. The van der Waals surface area contributed by atoms with Crippen LogP contribution in [0.3, 0.4) is 0 Å². The molecule has 1 aromatic heterocycles. The zero-order chi connectivity index (χ0) is 24.5. The lowest BCUT2D eigenvalue weighted by Crippen LogP contribution is -2.32. The molecule has 0 bridgehead atoms. The Morgan fingerprint density at radius 3 is 2.60 bits per heavy atom. The average Bonchev–Trinajstić information content (AvgIpc) is 3.14. The number of ether oxygens (including phenoxy) is 1. The highest BCUT2D eigenvalue weighted by atomic mass is 19.1. The minimum Gasteiger partial charge on any atom is -0.383 e. The first-order chi connectivity index (χ1) is 17.0. The maximum absolute atomic E-state index is 14.3. The van der Waals surface area contributed by atoms with Gasteiger partial charge in [-0.2, -0.15) is 0 Å². The van der Waals surface area contributed by atoms with Crippen LogP contribution >= 0.6 is 0 Å². The Bertz CT molecular complexity index is 1390. The van der Waals surface area contributed by atoms with Gasteiger partial charge in [-0.1, -0.05) is 48.5 Å². The zero-order valence-corrected chi connectivity index (χ0v) is 19.5. The summed E-state index contributed by atoms with van der Waals surface area (Å²) in [6, 6.07) is 20.6. The molecular weight excluding hydrogens is 445 g/mol. The van der Waals surface area contributed by atoms with Crippen molar-refractivity contribution in [3.05, 3.63) is 95.4 Å². The van der Waals surface area contributed by atoms with E-state index in [1.807, 2.05) is 37.3 Å². The minimum atomic E-state index is -1.09. The van der Waals surface area contributed by atoms with Gasteiger partial charge >= 0.3 is 0 Å². The highest BCUT2D eigenvalue weighted by Crippen LogP contribution is 2.44. The molecule has 178 valence electrons. The Balaban J connectivity index is 1.73. The Morgan fingerprint density at radius 2 is 1.86 bits per heavy atom. The number of aliphatic hydroxyl groups excluding tert-OH is 1. The summed E-state index contributed by atoms with van der Waals surface area (Å²) in [4.78, 5) is 19.7. The number of nitrogens with zero attached hydrogens (tertiary/aromatic N) is 2. The van der Waals surface area contributed by atoms with Crippen molar-refractivity contribution < 1.29 is 19.0 Å². The number of hydrogen-bond acceptors (Lipinski definition) is 5. The molecule has 2 N–H and O–H groups in total. The Labute approximate surface area is 203 Å². The van der Waals surface area contributed by atoms with Gasteiger partial charge < -0.3 is 20.1 Å². The summed E-state index contributed by atoms with van der Waals surface area (Å²) in [5.74, 6) is -0.621. The first-order valence-electron chi connectivity index (χ1n) is 11.5. The number of benzene rings is 3. The van der Waals surface area contributed by atoms with Crippen molar-refractivity contribution in [1.29, 1.82) is 0 Å². The van der Waals surface area contributed by atoms with E-state index < -0.39 is 12.3 Å². The summed E-state index contributed by atoms with van der Waals surface area (Å²) in [6.45, 7) is 2.81. The van der Waals surface area contributed by atoms with Gasteiger partial charge in [0, 0.05) is 35.7 Å². The minimum absolute atomic E-state index is 0.255. The van der Waals surface area contributed by atoms with Crippen molar-refractivity contribution in [1.82, 2.24) is 9.88 Å². The fraction of sp³-hybridized carbons (Fsp3) is 0.214. The van der Waals surface area contributed by atoms with E-state index in [4.69, 9.17) is 9.72 Å². The van der Waals surface area contributed by atoms with E-state index >= 15 is 0 Å². The number of hydrogen-bond donors (Lipinski definition) is 2. The van der Waals surface area contributed by atoms with Crippen LogP contribution in [-0.2, 0) is 4.74 Å². The van der Waals surface area contributed by atoms with Gasteiger partial charge in [0.2, 0.25) is 0 Å². The Morgan fingerprint density at radius 1 is 1.11 bits per heavy atom. The molecular formula is C28H26FN3O3. The molecule has 1 amide bonds. The molecule has 0 spiro atoms. The second-order valence-corrected chi connectivity index (χ2v) is 8.54. The first kappa shape index (κ1) is 23.0. The number of fused-ring (bicyclic) bond motifs is 2. The lowest BCUT2D eigenvalue weighted by molar-refractivity contribution is -0.000927. The van der Waals surface area contributed by atoms with Crippen LogP contribution in [0, 0.1) is 5.82 Å². The van der Waals surface area contributed by atoms with E-state index in [1.54, 1.807) is 37.4 Å².